The minimum atomic E-state index is -0.668. The number of aromatic hydroxyl groups is 1. The molecule has 0 bridgehead atoms. The van der Waals surface area contributed by atoms with Crippen LogP contribution in [-0.2, 0) is 9.53 Å². The van der Waals surface area contributed by atoms with E-state index in [1.807, 2.05) is 35.0 Å². The lowest BCUT2D eigenvalue weighted by Gasteiger charge is -2.20. The molecule has 6 nitrogen and oxygen atoms in total. The molecule has 1 aliphatic rings. The van der Waals surface area contributed by atoms with Crippen molar-refractivity contribution in [1.29, 1.82) is 0 Å². The number of hydrazone groups is 1. The maximum Gasteiger partial charge on any atom is 0.338 e. The molecule has 1 amide bonds. The molecule has 1 aromatic carbocycles. The van der Waals surface area contributed by atoms with Gasteiger partial charge in [0.1, 0.15) is 5.75 Å². The van der Waals surface area contributed by atoms with Gasteiger partial charge in [0.2, 0.25) is 0 Å². The third-order valence-corrected chi connectivity index (χ3v) is 6.14. The molecule has 0 saturated heterocycles. The fraction of sp³-hybridized carbons (Fsp3) is 0.150. The molecule has 28 heavy (non-hydrogen) atoms. The molecule has 2 aromatic heterocycles. The van der Waals surface area contributed by atoms with Gasteiger partial charge in [0, 0.05) is 11.3 Å². The van der Waals surface area contributed by atoms with Crippen LogP contribution in [0.2, 0.25) is 0 Å². The first-order valence-electron chi connectivity index (χ1n) is 8.55. The first-order valence-corrected chi connectivity index (χ1v) is 10.3. The Labute approximate surface area is 169 Å². The van der Waals surface area contributed by atoms with Gasteiger partial charge in [0.05, 0.1) is 22.2 Å². The Hall–Kier alpha value is -2.97. The van der Waals surface area contributed by atoms with Crippen molar-refractivity contribution in [3.8, 4) is 5.75 Å². The third kappa shape index (κ3) is 3.83. The Morgan fingerprint density at radius 3 is 2.68 bits per heavy atom. The van der Waals surface area contributed by atoms with E-state index in [2.05, 4.69) is 5.10 Å². The minimum Gasteiger partial charge on any atom is -0.508 e. The van der Waals surface area contributed by atoms with Crippen molar-refractivity contribution in [2.45, 2.75) is 12.5 Å². The molecular weight excluding hydrogens is 396 g/mol. The minimum absolute atomic E-state index is 0.0386. The molecule has 0 unspecified atom stereocenters. The molecule has 4 rings (SSSR count). The Kier molecular flexibility index (Phi) is 5.23. The van der Waals surface area contributed by atoms with Crippen LogP contribution < -0.4 is 0 Å². The molecule has 1 N–H and O–H groups in total. The largest absolute Gasteiger partial charge is 0.508 e. The van der Waals surface area contributed by atoms with E-state index in [4.69, 9.17) is 4.74 Å². The Morgan fingerprint density at radius 1 is 1.14 bits per heavy atom. The van der Waals surface area contributed by atoms with Gasteiger partial charge in [0.15, 0.2) is 6.61 Å². The Morgan fingerprint density at radius 2 is 1.96 bits per heavy atom. The molecule has 3 heterocycles. The van der Waals surface area contributed by atoms with Gasteiger partial charge in [-0.15, -0.1) is 22.7 Å². The lowest BCUT2D eigenvalue weighted by Crippen LogP contribution is -2.31. The van der Waals surface area contributed by atoms with Crippen LogP contribution in [0, 0.1) is 0 Å². The van der Waals surface area contributed by atoms with Crippen molar-refractivity contribution in [3.05, 3.63) is 74.6 Å². The number of hydrogen-bond acceptors (Lipinski definition) is 7. The highest BCUT2D eigenvalue weighted by Gasteiger charge is 2.34. The van der Waals surface area contributed by atoms with E-state index >= 15 is 0 Å². The molecule has 1 aliphatic heterocycles. The molecule has 142 valence electrons. The number of thiophene rings is 2. The van der Waals surface area contributed by atoms with Crippen molar-refractivity contribution >= 4 is 40.3 Å². The van der Waals surface area contributed by atoms with Gasteiger partial charge in [-0.1, -0.05) is 18.2 Å². The highest BCUT2D eigenvalue weighted by atomic mass is 32.1. The van der Waals surface area contributed by atoms with E-state index in [1.165, 1.54) is 23.2 Å². The number of phenols is 1. The first kappa shape index (κ1) is 18.4. The van der Waals surface area contributed by atoms with Crippen LogP contribution in [0.4, 0.5) is 0 Å². The van der Waals surface area contributed by atoms with E-state index in [-0.39, 0.29) is 17.4 Å². The highest BCUT2D eigenvalue weighted by molar-refractivity contribution is 7.12. The lowest BCUT2D eigenvalue weighted by atomic mass is 10.1. The van der Waals surface area contributed by atoms with Crippen molar-refractivity contribution in [2.24, 2.45) is 5.10 Å². The predicted octanol–water partition coefficient (Wildman–Crippen LogP) is 4.05. The van der Waals surface area contributed by atoms with Crippen molar-refractivity contribution < 1.29 is 19.4 Å². The van der Waals surface area contributed by atoms with E-state index in [1.54, 1.807) is 28.7 Å². The summed E-state index contributed by atoms with van der Waals surface area (Å²) in [6.45, 7) is -0.419. The summed E-state index contributed by atoms with van der Waals surface area (Å²) in [6, 6.07) is 13.4. The van der Waals surface area contributed by atoms with Crippen LogP contribution in [0.15, 0.2) is 64.4 Å². The number of esters is 1. The summed E-state index contributed by atoms with van der Waals surface area (Å²) >= 11 is 3.14. The average molecular weight is 412 g/mol. The normalized spacial score (nSPS) is 16.1. The third-order valence-electron chi connectivity index (χ3n) is 4.25. The standard InChI is InChI=1S/C20H16N2O4S2/c23-14-5-1-4-13(10-14)20(25)26-12-19(24)22-16(18-7-3-9-28-18)11-15(21-22)17-6-2-8-27-17/h1-10,16,23H,11-12H2/t16-/m1/s1. The monoisotopic (exact) mass is 412 g/mol. The quantitative estimate of drug-likeness (QED) is 0.641. The molecule has 1 atom stereocenters. The second-order valence-electron chi connectivity index (χ2n) is 6.12. The van der Waals surface area contributed by atoms with Crippen LogP contribution in [0.1, 0.15) is 32.6 Å². The number of nitrogens with zero attached hydrogens (tertiary/aromatic N) is 2. The number of benzene rings is 1. The fourth-order valence-electron chi connectivity index (χ4n) is 2.94. The number of carbonyl (C=O) groups is 2. The zero-order chi connectivity index (χ0) is 19.5. The summed E-state index contributed by atoms with van der Waals surface area (Å²) in [5.74, 6) is -1.10. The van der Waals surface area contributed by atoms with Crippen LogP contribution >= 0.6 is 22.7 Å². The van der Waals surface area contributed by atoms with Crippen molar-refractivity contribution in [1.82, 2.24) is 5.01 Å². The van der Waals surface area contributed by atoms with Gasteiger partial charge in [-0.2, -0.15) is 5.10 Å². The Balaban J connectivity index is 1.49. The van der Waals surface area contributed by atoms with Gasteiger partial charge < -0.3 is 9.84 Å². The number of hydrogen-bond donors (Lipinski definition) is 1. The molecular formula is C20H16N2O4S2. The predicted molar refractivity (Wildman–Crippen MR) is 108 cm³/mol. The number of ether oxygens (including phenoxy) is 1. The van der Waals surface area contributed by atoms with Crippen LogP contribution in [0.5, 0.6) is 5.75 Å². The van der Waals surface area contributed by atoms with E-state index < -0.39 is 18.5 Å². The van der Waals surface area contributed by atoms with Gasteiger partial charge in [-0.25, -0.2) is 9.80 Å². The highest BCUT2D eigenvalue weighted by Crippen LogP contribution is 2.35. The van der Waals surface area contributed by atoms with E-state index in [9.17, 15) is 14.7 Å². The van der Waals surface area contributed by atoms with E-state index in [0.717, 1.165) is 15.5 Å². The molecule has 0 radical (unpaired) electrons. The molecule has 0 spiro atoms. The molecule has 0 saturated carbocycles. The van der Waals surface area contributed by atoms with Gasteiger partial charge in [0.25, 0.3) is 5.91 Å². The van der Waals surface area contributed by atoms with Crippen LogP contribution in [0.3, 0.4) is 0 Å². The average Bonchev–Trinajstić information content (AvgIpc) is 3.46. The number of rotatable bonds is 5. The maximum absolute atomic E-state index is 12.8. The summed E-state index contributed by atoms with van der Waals surface area (Å²) in [5, 5.41) is 19.3. The smallest absolute Gasteiger partial charge is 0.338 e. The molecule has 3 aromatic rings. The van der Waals surface area contributed by atoms with E-state index in [0.29, 0.717) is 6.42 Å². The zero-order valence-electron chi connectivity index (χ0n) is 14.6. The summed E-state index contributed by atoms with van der Waals surface area (Å²) in [4.78, 5) is 27.0. The molecule has 8 heteroatoms. The van der Waals surface area contributed by atoms with Crippen molar-refractivity contribution in [2.75, 3.05) is 6.61 Å². The first-order chi connectivity index (χ1) is 13.6. The summed E-state index contributed by atoms with van der Waals surface area (Å²) in [6.07, 6.45) is 0.618. The maximum atomic E-state index is 12.8. The van der Waals surface area contributed by atoms with Gasteiger partial charge >= 0.3 is 5.97 Å². The molecule has 0 aliphatic carbocycles. The second-order valence-corrected chi connectivity index (χ2v) is 8.05. The SMILES string of the molecule is O=C(OCC(=O)N1N=C(c2cccs2)C[C@@H]1c1cccs1)c1cccc(O)c1. The number of amides is 1. The lowest BCUT2D eigenvalue weighted by molar-refractivity contribution is -0.136. The summed E-state index contributed by atoms with van der Waals surface area (Å²) < 4.78 is 5.14. The van der Waals surface area contributed by atoms with Crippen LogP contribution in [0.25, 0.3) is 0 Å². The Bertz CT molecular complexity index is 1010. The molecule has 0 fully saturated rings. The summed E-state index contributed by atoms with van der Waals surface area (Å²) in [5.41, 5.74) is 1.04. The van der Waals surface area contributed by atoms with Gasteiger partial charge in [-0.05, 0) is 41.1 Å². The number of phenolic OH excluding ortho intramolecular Hbond substituents is 1. The summed E-state index contributed by atoms with van der Waals surface area (Å²) in [7, 11) is 0. The fourth-order valence-corrected chi connectivity index (χ4v) is 4.48. The van der Waals surface area contributed by atoms with Crippen molar-refractivity contribution in [3.63, 3.8) is 0 Å². The topological polar surface area (TPSA) is 79.2 Å². The zero-order valence-corrected chi connectivity index (χ0v) is 16.3. The van der Waals surface area contributed by atoms with Crippen LogP contribution in [-0.4, -0.2) is 34.3 Å². The van der Waals surface area contributed by atoms with Gasteiger partial charge in [-0.3, -0.25) is 4.79 Å². The number of carbonyl (C=O) groups excluding carboxylic acids is 2. The second kappa shape index (κ2) is 7.95.